The summed E-state index contributed by atoms with van der Waals surface area (Å²) in [5.41, 5.74) is 3.09. The number of hydrogen-bond donors (Lipinski definition) is 1. The molecule has 1 N–H and O–H groups in total. The number of benzene rings is 2. The predicted molar refractivity (Wildman–Crippen MR) is 160 cm³/mol. The SMILES string of the molecule is COCCOC1CN(N2C=Cc3cc(-n4cc(C(=O)O)c(=O)cc4-c4ccc(N5CC[C@@H](OC)C5)c(F)c4)ccc3C2)C1. The molecule has 2 saturated heterocycles. The molecule has 0 spiro atoms. The molecule has 3 aliphatic rings. The van der Waals surface area contributed by atoms with Gasteiger partial charge in [0.05, 0.1) is 43.3 Å². The summed E-state index contributed by atoms with van der Waals surface area (Å²) in [5.74, 6) is -1.73. The molecule has 0 aliphatic carbocycles. The van der Waals surface area contributed by atoms with Crippen LogP contribution in [0.25, 0.3) is 23.0 Å². The Morgan fingerprint density at radius 2 is 1.88 bits per heavy atom. The maximum absolute atomic E-state index is 15.4. The third kappa shape index (κ3) is 5.94. The van der Waals surface area contributed by atoms with Crippen LogP contribution in [0.15, 0.2) is 59.7 Å². The normalized spacial score (nSPS) is 18.6. The second kappa shape index (κ2) is 12.3. The molecule has 2 aromatic carbocycles. The summed E-state index contributed by atoms with van der Waals surface area (Å²) >= 11 is 0. The zero-order chi connectivity index (χ0) is 30.1. The Labute approximate surface area is 249 Å². The molecule has 0 bridgehead atoms. The van der Waals surface area contributed by atoms with E-state index in [4.69, 9.17) is 14.2 Å². The molecule has 0 amide bonds. The summed E-state index contributed by atoms with van der Waals surface area (Å²) in [5, 5.41) is 14.1. The molecule has 1 aromatic heterocycles. The van der Waals surface area contributed by atoms with Crippen LogP contribution in [-0.4, -0.2) is 91.5 Å². The van der Waals surface area contributed by atoms with Crippen LogP contribution in [0.3, 0.4) is 0 Å². The van der Waals surface area contributed by atoms with Crippen molar-refractivity contribution in [3.63, 3.8) is 0 Å². The number of halogens is 1. The fourth-order valence-corrected chi connectivity index (χ4v) is 5.84. The molecule has 2 fully saturated rings. The van der Waals surface area contributed by atoms with Gasteiger partial charge in [-0.25, -0.2) is 14.2 Å². The number of carbonyl (C=O) groups is 1. The van der Waals surface area contributed by atoms with Gasteiger partial charge in [-0.05, 0) is 47.9 Å². The van der Waals surface area contributed by atoms with Crippen molar-refractivity contribution in [2.75, 3.05) is 58.5 Å². The van der Waals surface area contributed by atoms with Crippen LogP contribution < -0.4 is 10.3 Å². The van der Waals surface area contributed by atoms with Crippen molar-refractivity contribution in [1.82, 2.24) is 14.6 Å². The predicted octanol–water partition coefficient (Wildman–Crippen LogP) is 3.62. The van der Waals surface area contributed by atoms with Crippen molar-refractivity contribution < 1.29 is 28.5 Å². The molecule has 11 heteroatoms. The van der Waals surface area contributed by atoms with Crippen LogP contribution in [0, 0.1) is 5.82 Å². The van der Waals surface area contributed by atoms with Gasteiger partial charge in [-0.1, -0.05) is 12.1 Å². The smallest absolute Gasteiger partial charge is 0.341 e. The molecule has 4 heterocycles. The number of rotatable bonds is 10. The van der Waals surface area contributed by atoms with Crippen LogP contribution >= 0.6 is 0 Å². The molecular weight excluding hydrogens is 555 g/mol. The maximum atomic E-state index is 15.4. The number of methoxy groups -OCH3 is 2. The van der Waals surface area contributed by atoms with E-state index in [1.807, 2.05) is 35.4 Å². The van der Waals surface area contributed by atoms with Crippen LogP contribution in [0.1, 0.15) is 27.9 Å². The van der Waals surface area contributed by atoms with Crippen molar-refractivity contribution in [3.8, 4) is 16.9 Å². The van der Waals surface area contributed by atoms with E-state index < -0.39 is 17.2 Å². The van der Waals surface area contributed by atoms with Crippen molar-refractivity contribution in [2.24, 2.45) is 0 Å². The number of carboxylic acid groups (broad SMARTS) is 1. The third-order valence-corrected chi connectivity index (χ3v) is 8.34. The van der Waals surface area contributed by atoms with Gasteiger partial charge in [-0.15, -0.1) is 0 Å². The van der Waals surface area contributed by atoms with E-state index in [2.05, 4.69) is 10.0 Å². The van der Waals surface area contributed by atoms with Crippen LogP contribution in [0.2, 0.25) is 0 Å². The Bertz CT molecular complexity index is 1600. The van der Waals surface area contributed by atoms with Gasteiger partial charge in [-0.3, -0.25) is 4.79 Å². The van der Waals surface area contributed by atoms with E-state index >= 15 is 4.39 Å². The molecule has 6 rings (SSSR count). The number of pyridine rings is 1. The molecule has 0 unspecified atom stereocenters. The number of carboxylic acids is 1. The number of aromatic carboxylic acids is 1. The van der Waals surface area contributed by atoms with Gasteiger partial charge in [0.15, 0.2) is 5.43 Å². The first-order chi connectivity index (χ1) is 20.8. The van der Waals surface area contributed by atoms with Crippen molar-refractivity contribution >= 4 is 17.7 Å². The second-order valence-electron chi connectivity index (χ2n) is 11.0. The molecule has 1 atom stereocenters. The fraction of sp³-hybridized carbons (Fsp3) is 0.375. The number of aromatic nitrogens is 1. The summed E-state index contributed by atoms with van der Waals surface area (Å²) in [6.07, 6.45) is 6.42. The first kappa shape index (κ1) is 29.1. The van der Waals surface area contributed by atoms with E-state index in [1.54, 1.807) is 30.9 Å². The third-order valence-electron chi connectivity index (χ3n) is 8.34. The van der Waals surface area contributed by atoms with Gasteiger partial charge in [-0.2, -0.15) is 0 Å². The van der Waals surface area contributed by atoms with E-state index in [1.165, 1.54) is 18.3 Å². The fourth-order valence-electron chi connectivity index (χ4n) is 5.84. The second-order valence-corrected chi connectivity index (χ2v) is 11.0. The summed E-state index contributed by atoms with van der Waals surface area (Å²) < 4.78 is 33.3. The van der Waals surface area contributed by atoms with Crippen LogP contribution in [-0.2, 0) is 20.8 Å². The molecular formula is C32H35FN4O6. The maximum Gasteiger partial charge on any atom is 0.341 e. The lowest BCUT2D eigenvalue weighted by Gasteiger charge is -2.46. The minimum Gasteiger partial charge on any atom is -0.477 e. The minimum atomic E-state index is -1.32. The topological polar surface area (TPSA) is 96.7 Å². The Morgan fingerprint density at radius 1 is 1.05 bits per heavy atom. The Hall–Kier alpha value is -4.03. The highest BCUT2D eigenvalue weighted by Gasteiger charge is 2.32. The molecule has 0 saturated carbocycles. The van der Waals surface area contributed by atoms with E-state index in [-0.39, 0.29) is 17.8 Å². The highest BCUT2D eigenvalue weighted by Crippen LogP contribution is 2.32. The van der Waals surface area contributed by atoms with Gasteiger partial charge >= 0.3 is 5.97 Å². The van der Waals surface area contributed by atoms with E-state index in [0.717, 1.165) is 30.6 Å². The number of fused-ring (bicyclic) bond motifs is 1. The van der Waals surface area contributed by atoms with Crippen LogP contribution in [0.4, 0.5) is 10.1 Å². The Kier molecular flexibility index (Phi) is 8.31. The van der Waals surface area contributed by atoms with Gasteiger partial charge in [0.2, 0.25) is 0 Å². The first-order valence-corrected chi connectivity index (χ1v) is 14.4. The summed E-state index contributed by atoms with van der Waals surface area (Å²) in [4.78, 5) is 26.6. The zero-order valence-electron chi connectivity index (χ0n) is 24.2. The highest BCUT2D eigenvalue weighted by molar-refractivity contribution is 5.88. The molecule has 0 radical (unpaired) electrons. The average Bonchev–Trinajstić information content (AvgIpc) is 3.46. The average molecular weight is 591 g/mol. The highest BCUT2D eigenvalue weighted by atomic mass is 19.1. The molecule has 43 heavy (non-hydrogen) atoms. The van der Waals surface area contributed by atoms with Gasteiger partial charge in [0.1, 0.15) is 11.4 Å². The quantitative estimate of drug-likeness (QED) is 0.355. The number of anilines is 1. The van der Waals surface area contributed by atoms with Crippen molar-refractivity contribution in [1.29, 1.82) is 0 Å². The number of hydrogen-bond acceptors (Lipinski definition) is 8. The summed E-state index contributed by atoms with van der Waals surface area (Å²) in [7, 11) is 3.31. The molecule has 10 nitrogen and oxygen atoms in total. The van der Waals surface area contributed by atoms with Crippen molar-refractivity contribution in [3.05, 3.63) is 87.6 Å². The van der Waals surface area contributed by atoms with Gasteiger partial charge in [0, 0.05) is 70.1 Å². The zero-order valence-corrected chi connectivity index (χ0v) is 24.2. The lowest BCUT2D eigenvalue weighted by molar-refractivity contribution is -0.144. The number of ether oxygens (including phenoxy) is 3. The largest absolute Gasteiger partial charge is 0.477 e. The lowest BCUT2D eigenvalue weighted by Crippen LogP contribution is -2.58. The Morgan fingerprint density at radius 3 is 2.60 bits per heavy atom. The molecule has 226 valence electrons. The minimum absolute atomic E-state index is 0.0564. The number of nitrogens with zero attached hydrogens (tertiary/aromatic N) is 4. The van der Waals surface area contributed by atoms with Gasteiger partial charge < -0.3 is 33.8 Å². The monoisotopic (exact) mass is 590 g/mol. The summed E-state index contributed by atoms with van der Waals surface area (Å²) in [6.45, 7) is 4.74. The molecule has 3 aliphatic heterocycles. The van der Waals surface area contributed by atoms with E-state index in [0.29, 0.717) is 55.5 Å². The van der Waals surface area contributed by atoms with Gasteiger partial charge in [0.25, 0.3) is 0 Å². The molecule has 3 aromatic rings. The first-order valence-electron chi connectivity index (χ1n) is 14.4. The standard InChI is InChI=1S/C32H35FN4O6/c1-41-11-12-43-26-18-36(19-26)35-10-7-21-13-24(5-3-23(21)16-35)37-20-27(32(39)40)31(38)15-30(37)22-4-6-29(28(33)14-22)34-9-8-25(17-34)42-2/h3-7,10,13-15,20,25-26H,8-9,11-12,16-19H2,1-2H3,(H,39,40)/t25-/m1/s1. The summed E-state index contributed by atoms with van der Waals surface area (Å²) in [6, 6.07) is 12.0. The Balaban J connectivity index is 1.27. The van der Waals surface area contributed by atoms with E-state index in [9.17, 15) is 14.7 Å². The van der Waals surface area contributed by atoms with Crippen molar-refractivity contribution in [2.45, 2.75) is 25.2 Å². The van der Waals surface area contributed by atoms with Crippen LogP contribution in [0.5, 0.6) is 0 Å². The lowest BCUT2D eigenvalue weighted by atomic mass is 10.0. The number of hydrazine groups is 1.